The lowest BCUT2D eigenvalue weighted by Gasteiger charge is -2.03. The van der Waals surface area contributed by atoms with E-state index in [9.17, 15) is 13.2 Å². The Morgan fingerprint density at radius 2 is 2.12 bits per heavy atom. The average Bonchev–Trinajstić information content (AvgIpc) is 2.65. The number of alkyl halides is 3. The number of nitrogens with zero attached hydrogens (tertiary/aromatic N) is 2. The van der Waals surface area contributed by atoms with Crippen molar-refractivity contribution in [2.45, 2.75) is 32.5 Å². The minimum absolute atomic E-state index is 0.529. The standard InChI is InChI=1S/C10H16F3N3/c1-2-14-5-3-4-6-16-8-9(7-15-16)10(11,12)13/h7-8,14H,2-6H2,1H3. The van der Waals surface area contributed by atoms with Crippen LogP contribution in [0.15, 0.2) is 12.4 Å². The molecule has 16 heavy (non-hydrogen) atoms. The second kappa shape index (κ2) is 5.89. The number of hydrogen-bond acceptors (Lipinski definition) is 2. The first-order chi connectivity index (χ1) is 7.54. The molecule has 1 heterocycles. The van der Waals surface area contributed by atoms with E-state index in [4.69, 9.17) is 0 Å². The summed E-state index contributed by atoms with van der Waals surface area (Å²) in [6.07, 6.45) is -0.611. The molecule has 0 saturated heterocycles. The van der Waals surface area contributed by atoms with Crippen LogP contribution in [0, 0.1) is 0 Å². The number of hydrogen-bond donors (Lipinski definition) is 1. The maximum absolute atomic E-state index is 12.2. The Labute approximate surface area is 92.6 Å². The fraction of sp³-hybridized carbons (Fsp3) is 0.700. The van der Waals surface area contributed by atoms with E-state index >= 15 is 0 Å². The van der Waals surface area contributed by atoms with Gasteiger partial charge in [-0.1, -0.05) is 6.92 Å². The Morgan fingerprint density at radius 1 is 1.38 bits per heavy atom. The summed E-state index contributed by atoms with van der Waals surface area (Å²) in [6, 6.07) is 0. The molecule has 1 rings (SSSR count). The molecule has 0 spiro atoms. The van der Waals surface area contributed by atoms with E-state index in [2.05, 4.69) is 10.4 Å². The van der Waals surface area contributed by atoms with Crippen molar-refractivity contribution in [2.75, 3.05) is 13.1 Å². The van der Waals surface area contributed by atoms with Crippen molar-refractivity contribution >= 4 is 0 Å². The molecule has 1 N–H and O–H groups in total. The molecule has 0 fully saturated rings. The third kappa shape index (κ3) is 4.22. The molecule has 3 nitrogen and oxygen atoms in total. The highest BCUT2D eigenvalue weighted by Crippen LogP contribution is 2.28. The van der Waals surface area contributed by atoms with Crippen LogP contribution < -0.4 is 5.32 Å². The van der Waals surface area contributed by atoms with Crippen molar-refractivity contribution in [3.63, 3.8) is 0 Å². The Kier molecular flexibility index (Phi) is 4.79. The van der Waals surface area contributed by atoms with Crippen LogP contribution in [0.3, 0.4) is 0 Å². The van der Waals surface area contributed by atoms with Gasteiger partial charge < -0.3 is 5.32 Å². The average molecular weight is 235 g/mol. The van der Waals surface area contributed by atoms with Gasteiger partial charge in [0.25, 0.3) is 0 Å². The molecule has 0 bridgehead atoms. The van der Waals surface area contributed by atoms with E-state index in [0.29, 0.717) is 6.54 Å². The third-order valence-corrected chi connectivity index (χ3v) is 2.20. The number of aromatic nitrogens is 2. The van der Waals surface area contributed by atoms with Crippen LogP contribution in [-0.4, -0.2) is 22.9 Å². The molecule has 1 aromatic heterocycles. The van der Waals surface area contributed by atoms with Gasteiger partial charge in [0.15, 0.2) is 0 Å². The van der Waals surface area contributed by atoms with Gasteiger partial charge in [0.05, 0.1) is 11.8 Å². The molecule has 0 saturated carbocycles. The molecule has 0 unspecified atom stereocenters. The van der Waals surface area contributed by atoms with Gasteiger partial charge >= 0.3 is 6.18 Å². The summed E-state index contributed by atoms with van der Waals surface area (Å²) in [6.45, 7) is 4.36. The molecule has 0 aliphatic carbocycles. The summed E-state index contributed by atoms with van der Waals surface area (Å²) in [5.41, 5.74) is -0.681. The Morgan fingerprint density at radius 3 is 2.69 bits per heavy atom. The summed E-state index contributed by atoms with van der Waals surface area (Å²) in [7, 11) is 0. The third-order valence-electron chi connectivity index (χ3n) is 2.20. The summed E-state index contributed by atoms with van der Waals surface area (Å²) in [5, 5.41) is 6.83. The molecule has 0 aliphatic heterocycles. The van der Waals surface area contributed by atoms with Crippen LogP contribution in [0.2, 0.25) is 0 Å². The second-order valence-corrected chi connectivity index (χ2v) is 3.55. The Balaban J connectivity index is 2.30. The molecule has 0 amide bonds. The lowest BCUT2D eigenvalue weighted by molar-refractivity contribution is -0.137. The van der Waals surface area contributed by atoms with E-state index < -0.39 is 11.7 Å². The quantitative estimate of drug-likeness (QED) is 0.767. The van der Waals surface area contributed by atoms with Crippen molar-refractivity contribution in [3.05, 3.63) is 18.0 Å². The van der Waals surface area contributed by atoms with E-state index in [-0.39, 0.29) is 0 Å². The largest absolute Gasteiger partial charge is 0.419 e. The van der Waals surface area contributed by atoms with Crippen molar-refractivity contribution in [1.29, 1.82) is 0 Å². The molecule has 92 valence electrons. The zero-order valence-corrected chi connectivity index (χ0v) is 9.22. The van der Waals surface area contributed by atoms with Gasteiger partial charge in [0.1, 0.15) is 0 Å². The normalized spacial score (nSPS) is 12.0. The molecule has 1 aromatic rings. The summed E-state index contributed by atoms with van der Waals surface area (Å²) < 4.78 is 38.0. The van der Waals surface area contributed by atoms with E-state index in [1.807, 2.05) is 6.92 Å². The van der Waals surface area contributed by atoms with Gasteiger partial charge in [-0.2, -0.15) is 18.3 Å². The smallest absolute Gasteiger partial charge is 0.317 e. The highest BCUT2D eigenvalue weighted by Gasteiger charge is 2.31. The number of halogens is 3. The van der Waals surface area contributed by atoms with Crippen LogP contribution in [-0.2, 0) is 12.7 Å². The lowest BCUT2D eigenvalue weighted by Crippen LogP contribution is -2.14. The van der Waals surface area contributed by atoms with Gasteiger partial charge in [-0.05, 0) is 25.9 Å². The zero-order valence-electron chi connectivity index (χ0n) is 9.22. The predicted octanol–water partition coefficient (Wildman–Crippen LogP) is 2.29. The maximum Gasteiger partial charge on any atom is 0.419 e. The maximum atomic E-state index is 12.2. The van der Waals surface area contributed by atoms with Crippen LogP contribution in [0.1, 0.15) is 25.3 Å². The minimum Gasteiger partial charge on any atom is -0.317 e. The van der Waals surface area contributed by atoms with E-state index in [1.54, 1.807) is 0 Å². The highest BCUT2D eigenvalue weighted by molar-refractivity contribution is 5.08. The molecular formula is C10H16F3N3. The Bertz CT molecular complexity index is 307. The second-order valence-electron chi connectivity index (χ2n) is 3.55. The summed E-state index contributed by atoms with van der Waals surface area (Å²) in [5.74, 6) is 0. The predicted molar refractivity (Wildman–Crippen MR) is 55.0 cm³/mol. The molecule has 0 aromatic carbocycles. The fourth-order valence-corrected chi connectivity index (χ4v) is 1.33. The van der Waals surface area contributed by atoms with Crippen molar-refractivity contribution in [2.24, 2.45) is 0 Å². The van der Waals surface area contributed by atoms with Gasteiger partial charge in [0, 0.05) is 12.7 Å². The first-order valence-corrected chi connectivity index (χ1v) is 5.34. The van der Waals surface area contributed by atoms with Crippen LogP contribution in [0.25, 0.3) is 0 Å². The molecule has 0 atom stereocenters. The molecule has 0 radical (unpaired) electrons. The number of aryl methyl sites for hydroxylation is 1. The van der Waals surface area contributed by atoms with Gasteiger partial charge in [-0.3, -0.25) is 4.68 Å². The first kappa shape index (κ1) is 13.0. The summed E-state index contributed by atoms with van der Waals surface area (Å²) in [4.78, 5) is 0. The number of unbranched alkanes of at least 4 members (excludes halogenated alkanes) is 1. The van der Waals surface area contributed by atoms with E-state index in [1.165, 1.54) is 4.68 Å². The minimum atomic E-state index is -4.29. The lowest BCUT2D eigenvalue weighted by atomic mass is 10.3. The number of rotatable bonds is 6. The SMILES string of the molecule is CCNCCCCn1cc(C(F)(F)F)cn1. The van der Waals surface area contributed by atoms with Gasteiger partial charge in [-0.25, -0.2) is 0 Å². The van der Waals surface area contributed by atoms with Crippen LogP contribution in [0.4, 0.5) is 13.2 Å². The summed E-state index contributed by atoms with van der Waals surface area (Å²) >= 11 is 0. The fourth-order valence-electron chi connectivity index (χ4n) is 1.33. The zero-order chi connectivity index (χ0) is 12.0. The van der Waals surface area contributed by atoms with Crippen LogP contribution in [0.5, 0.6) is 0 Å². The van der Waals surface area contributed by atoms with Crippen LogP contribution >= 0.6 is 0 Å². The first-order valence-electron chi connectivity index (χ1n) is 5.34. The van der Waals surface area contributed by atoms with Crippen molar-refractivity contribution < 1.29 is 13.2 Å². The highest BCUT2D eigenvalue weighted by atomic mass is 19.4. The van der Waals surface area contributed by atoms with Gasteiger partial charge in [-0.15, -0.1) is 0 Å². The Hall–Kier alpha value is -1.04. The molecular weight excluding hydrogens is 219 g/mol. The monoisotopic (exact) mass is 235 g/mol. The topological polar surface area (TPSA) is 29.9 Å². The van der Waals surface area contributed by atoms with Crippen molar-refractivity contribution in [3.8, 4) is 0 Å². The van der Waals surface area contributed by atoms with Crippen molar-refractivity contribution in [1.82, 2.24) is 15.1 Å². The molecule has 0 aliphatic rings. The van der Waals surface area contributed by atoms with E-state index in [0.717, 1.165) is 38.3 Å². The van der Waals surface area contributed by atoms with Gasteiger partial charge in [0.2, 0.25) is 0 Å². The number of nitrogens with one attached hydrogen (secondary N) is 1. The molecule has 6 heteroatoms.